The van der Waals surface area contributed by atoms with E-state index in [9.17, 15) is 9.59 Å². The first kappa shape index (κ1) is 21.6. The van der Waals surface area contributed by atoms with Crippen LogP contribution in [-0.4, -0.2) is 51.7 Å². The molecule has 0 aromatic rings. The van der Waals surface area contributed by atoms with Gasteiger partial charge in [0.15, 0.2) is 0 Å². The van der Waals surface area contributed by atoms with Crippen LogP contribution in [0.5, 0.6) is 0 Å². The van der Waals surface area contributed by atoms with E-state index in [2.05, 4.69) is 0 Å². The van der Waals surface area contributed by atoms with Gasteiger partial charge in [0.25, 0.3) is 0 Å². The van der Waals surface area contributed by atoms with Crippen LogP contribution in [-0.2, 0) is 9.59 Å². The summed E-state index contributed by atoms with van der Waals surface area (Å²) in [5, 5.41) is 17.1. The number of hydrogen-bond donors (Lipinski definition) is 4. The Bertz CT molecular complexity index is 552. The van der Waals surface area contributed by atoms with Gasteiger partial charge in [0.05, 0.1) is 5.57 Å². The van der Waals surface area contributed by atoms with Crippen molar-refractivity contribution < 1.29 is 25.3 Å². The number of carboxylic acids is 2. The Balaban J connectivity index is 0.000000441. The van der Waals surface area contributed by atoms with Gasteiger partial charge < -0.3 is 32.1 Å². The first-order valence-electron chi connectivity index (χ1n) is 7.40. The largest absolute Gasteiger partial charge is 0.480 e. The SMILES string of the molecule is NCCCC[C@H](N)C(=O)O.O.O=C(O)C1=CCN2C=CC=CC2=C1. The van der Waals surface area contributed by atoms with Gasteiger partial charge in [-0.05, 0) is 37.6 Å². The molecule has 0 fully saturated rings. The average molecular weight is 339 g/mol. The lowest BCUT2D eigenvalue weighted by atomic mass is 10.1. The van der Waals surface area contributed by atoms with E-state index in [1.165, 1.54) is 0 Å². The number of carboxylic acid groups (broad SMARTS) is 2. The highest BCUT2D eigenvalue weighted by atomic mass is 16.4. The zero-order valence-electron chi connectivity index (χ0n) is 13.4. The number of allylic oxidation sites excluding steroid dienone is 3. The maximum Gasteiger partial charge on any atom is 0.335 e. The first-order chi connectivity index (χ1) is 11.0. The van der Waals surface area contributed by atoms with Gasteiger partial charge in [-0.25, -0.2) is 4.79 Å². The predicted molar refractivity (Wildman–Crippen MR) is 90.9 cm³/mol. The van der Waals surface area contributed by atoms with Crippen LogP contribution in [0.4, 0.5) is 0 Å². The third-order valence-corrected chi connectivity index (χ3v) is 3.32. The maximum absolute atomic E-state index is 10.7. The molecule has 0 unspecified atom stereocenters. The summed E-state index contributed by atoms with van der Waals surface area (Å²) in [5.74, 6) is -1.80. The molecular weight excluding hydrogens is 314 g/mol. The van der Waals surface area contributed by atoms with Crippen LogP contribution in [0.3, 0.4) is 0 Å². The van der Waals surface area contributed by atoms with Crippen LogP contribution in [0.15, 0.2) is 47.9 Å². The van der Waals surface area contributed by atoms with Crippen molar-refractivity contribution in [2.24, 2.45) is 11.5 Å². The molecule has 2 aliphatic heterocycles. The van der Waals surface area contributed by atoms with Crippen molar-refractivity contribution in [2.45, 2.75) is 25.3 Å². The molecule has 8 N–H and O–H groups in total. The van der Waals surface area contributed by atoms with Gasteiger partial charge in [-0.1, -0.05) is 18.6 Å². The molecule has 0 saturated heterocycles. The molecule has 2 rings (SSSR count). The number of rotatable bonds is 6. The van der Waals surface area contributed by atoms with Crippen LogP contribution in [0.1, 0.15) is 19.3 Å². The zero-order valence-corrected chi connectivity index (χ0v) is 13.4. The van der Waals surface area contributed by atoms with Gasteiger partial charge >= 0.3 is 11.9 Å². The van der Waals surface area contributed by atoms with E-state index >= 15 is 0 Å². The number of hydrogen-bond acceptors (Lipinski definition) is 5. The van der Waals surface area contributed by atoms with Crippen LogP contribution in [0.25, 0.3) is 0 Å². The maximum atomic E-state index is 10.7. The minimum atomic E-state index is -0.933. The molecule has 2 heterocycles. The van der Waals surface area contributed by atoms with E-state index in [4.69, 9.17) is 21.7 Å². The third-order valence-electron chi connectivity index (χ3n) is 3.32. The summed E-state index contributed by atoms with van der Waals surface area (Å²) in [6, 6.07) is -0.716. The molecule has 8 nitrogen and oxygen atoms in total. The normalized spacial score (nSPS) is 15.8. The van der Waals surface area contributed by atoms with Crippen molar-refractivity contribution in [3.05, 3.63) is 47.9 Å². The molecular formula is C16H25N3O5. The highest BCUT2D eigenvalue weighted by Crippen LogP contribution is 2.19. The molecule has 1 atom stereocenters. The molecule has 0 aromatic heterocycles. The molecule has 134 valence electrons. The molecule has 0 aliphatic carbocycles. The lowest BCUT2D eigenvalue weighted by Crippen LogP contribution is -2.29. The molecule has 2 aliphatic rings. The van der Waals surface area contributed by atoms with E-state index < -0.39 is 18.0 Å². The van der Waals surface area contributed by atoms with Crippen LogP contribution in [0.2, 0.25) is 0 Å². The van der Waals surface area contributed by atoms with Crippen molar-refractivity contribution in [2.75, 3.05) is 13.1 Å². The van der Waals surface area contributed by atoms with Gasteiger partial charge in [0, 0.05) is 18.4 Å². The number of unbranched alkanes of at least 4 members (excludes halogenated alkanes) is 1. The monoisotopic (exact) mass is 339 g/mol. The summed E-state index contributed by atoms with van der Waals surface area (Å²) < 4.78 is 0. The zero-order chi connectivity index (χ0) is 17.2. The Kier molecular flexibility index (Phi) is 10.0. The fourth-order valence-corrected chi connectivity index (χ4v) is 1.98. The number of carbonyl (C=O) groups is 2. The Morgan fingerprint density at radius 3 is 2.54 bits per heavy atom. The summed E-state index contributed by atoms with van der Waals surface area (Å²) in [4.78, 5) is 22.8. The van der Waals surface area contributed by atoms with Crippen molar-refractivity contribution in [3.63, 3.8) is 0 Å². The fourth-order valence-electron chi connectivity index (χ4n) is 1.98. The van der Waals surface area contributed by atoms with E-state index in [1.54, 1.807) is 12.2 Å². The Labute approximate surface area is 140 Å². The molecule has 8 heteroatoms. The van der Waals surface area contributed by atoms with Crippen molar-refractivity contribution >= 4 is 11.9 Å². The highest BCUT2D eigenvalue weighted by Gasteiger charge is 2.14. The summed E-state index contributed by atoms with van der Waals surface area (Å²) >= 11 is 0. The van der Waals surface area contributed by atoms with E-state index in [0.29, 0.717) is 25.1 Å². The fraction of sp³-hybridized carbons (Fsp3) is 0.375. The summed E-state index contributed by atoms with van der Waals surface area (Å²) in [5.41, 5.74) is 11.7. The minimum Gasteiger partial charge on any atom is -0.480 e. The van der Waals surface area contributed by atoms with Crippen LogP contribution < -0.4 is 11.5 Å². The van der Waals surface area contributed by atoms with E-state index in [-0.39, 0.29) is 5.48 Å². The molecule has 24 heavy (non-hydrogen) atoms. The van der Waals surface area contributed by atoms with Crippen molar-refractivity contribution in [1.29, 1.82) is 0 Å². The van der Waals surface area contributed by atoms with E-state index in [1.807, 2.05) is 29.3 Å². The molecule has 0 spiro atoms. The Hall–Kier alpha value is -2.42. The minimum absolute atomic E-state index is 0. The first-order valence-corrected chi connectivity index (χ1v) is 7.40. The second-order valence-corrected chi connectivity index (χ2v) is 5.12. The molecule has 0 saturated carbocycles. The topological polar surface area (TPSA) is 161 Å². The quantitative estimate of drug-likeness (QED) is 0.494. The third kappa shape index (κ3) is 7.23. The standard InChI is InChI=1S/C10H9NO2.C6H14N2O2.H2O/c12-10(13)8-4-6-11-5-2-1-3-9(11)7-8;7-4-2-1-3-5(8)6(9)10;/h1-5,7H,6H2,(H,12,13);5H,1-4,7-8H2,(H,9,10);1H2/t;5-;/m.0./s1. The number of nitrogens with zero attached hydrogens (tertiary/aromatic N) is 1. The van der Waals surface area contributed by atoms with Gasteiger partial charge in [-0.2, -0.15) is 0 Å². The van der Waals surface area contributed by atoms with Gasteiger partial charge in [0.1, 0.15) is 6.04 Å². The van der Waals surface area contributed by atoms with Gasteiger partial charge in [0.2, 0.25) is 0 Å². The average Bonchev–Trinajstić information content (AvgIpc) is 2.55. The molecule has 0 bridgehead atoms. The lowest BCUT2D eigenvalue weighted by molar-refractivity contribution is -0.138. The van der Waals surface area contributed by atoms with Crippen molar-refractivity contribution in [3.8, 4) is 0 Å². The number of fused-ring (bicyclic) bond motifs is 1. The van der Waals surface area contributed by atoms with Crippen LogP contribution in [0, 0.1) is 0 Å². The summed E-state index contributed by atoms with van der Waals surface area (Å²) in [6.07, 6.45) is 13.2. The molecule has 0 radical (unpaired) electrons. The summed E-state index contributed by atoms with van der Waals surface area (Å²) in [7, 11) is 0. The Morgan fingerprint density at radius 2 is 1.96 bits per heavy atom. The lowest BCUT2D eigenvalue weighted by Gasteiger charge is -2.25. The summed E-state index contributed by atoms with van der Waals surface area (Å²) in [6.45, 7) is 1.24. The second-order valence-electron chi connectivity index (χ2n) is 5.12. The van der Waals surface area contributed by atoms with Crippen LogP contribution >= 0.6 is 0 Å². The van der Waals surface area contributed by atoms with E-state index in [0.717, 1.165) is 18.5 Å². The van der Waals surface area contributed by atoms with Gasteiger partial charge in [-0.15, -0.1) is 0 Å². The predicted octanol–water partition coefficient (Wildman–Crippen LogP) is -0.0170. The smallest absolute Gasteiger partial charge is 0.335 e. The second kappa shape index (κ2) is 11.2. The molecule has 0 amide bonds. The van der Waals surface area contributed by atoms with Crippen molar-refractivity contribution in [1.82, 2.24) is 4.90 Å². The number of nitrogens with two attached hydrogens (primary N) is 2. The molecule has 0 aromatic carbocycles. The Morgan fingerprint density at radius 1 is 1.25 bits per heavy atom. The number of aliphatic carboxylic acids is 2. The highest BCUT2D eigenvalue weighted by molar-refractivity contribution is 5.90. The van der Waals surface area contributed by atoms with Gasteiger partial charge in [-0.3, -0.25) is 4.79 Å².